The molecule has 3 rings (SSSR count). The fourth-order valence-electron chi connectivity index (χ4n) is 2.82. The predicted octanol–water partition coefficient (Wildman–Crippen LogP) is 2.15. The van der Waals surface area contributed by atoms with Crippen molar-refractivity contribution in [2.45, 2.75) is 11.3 Å². The highest BCUT2D eigenvalue weighted by atomic mass is 32.2. The lowest BCUT2D eigenvalue weighted by molar-refractivity contribution is -0.145. The molecule has 1 saturated heterocycles. The normalized spacial score (nSPS) is 17.0. The summed E-state index contributed by atoms with van der Waals surface area (Å²) in [7, 11) is -2.59. The van der Waals surface area contributed by atoms with Crippen LogP contribution in [0.4, 0.5) is 15.8 Å². The van der Waals surface area contributed by atoms with Gasteiger partial charge in [0.15, 0.2) is 0 Å². The quantitative estimate of drug-likeness (QED) is 0.787. The number of carbonyl (C=O) groups excluding carboxylic acids is 2. The van der Waals surface area contributed by atoms with Crippen LogP contribution in [0.3, 0.4) is 0 Å². The summed E-state index contributed by atoms with van der Waals surface area (Å²) in [4.78, 5) is 25.1. The first kappa shape index (κ1) is 18.8. The number of esters is 1. The molecule has 0 spiro atoms. The van der Waals surface area contributed by atoms with Gasteiger partial charge in [-0.2, -0.15) is 0 Å². The summed E-state index contributed by atoms with van der Waals surface area (Å²) in [5, 5.41) is 0. The highest BCUT2D eigenvalue weighted by molar-refractivity contribution is 7.92. The molecule has 1 heterocycles. The van der Waals surface area contributed by atoms with E-state index in [2.05, 4.69) is 9.46 Å². The number of hydrogen-bond acceptors (Lipinski definition) is 5. The van der Waals surface area contributed by atoms with Gasteiger partial charge in [0.25, 0.3) is 10.0 Å². The monoisotopic (exact) mass is 392 g/mol. The lowest BCUT2D eigenvalue weighted by atomic mass is 10.1. The van der Waals surface area contributed by atoms with Crippen molar-refractivity contribution in [1.29, 1.82) is 0 Å². The third-order valence-corrected chi connectivity index (χ3v) is 5.61. The van der Waals surface area contributed by atoms with E-state index in [9.17, 15) is 22.4 Å². The van der Waals surface area contributed by atoms with Crippen LogP contribution in [-0.4, -0.2) is 33.9 Å². The van der Waals surface area contributed by atoms with E-state index in [0.29, 0.717) is 5.69 Å². The average molecular weight is 392 g/mol. The summed E-state index contributed by atoms with van der Waals surface area (Å²) in [6, 6.07) is 10.6. The third kappa shape index (κ3) is 4.08. The Bertz CT molecular complexity index is 958. The molecular weight excluding hydrogens is 375 g/mol. The number of amides is 1. The minimum atomic E-state index is -3.86. The van der Waals surface area contributed by atoms with Crippen LogP contribution in [0, 0.1) is 11.7 Å². The Hall–Kier alpha value is -2.94. The number of anilines is 2. The zero-order valence-corrected chi connectivity index (χ0v) is 15.2. The number of carbonyl (C=O) groups is 2. The summed E-state index contributed by atoms with van der Waals surface area (Å²) in [6.07, 6.45) is 0.0544. The van der Waals surface area contributed by atoms with Crippen molar-refractivity contribution < 1.29 is 27.1 Å². The van der Waals surface area contributed by atoms with E-state index in [0.717, 1.165) is 12.1 Å². The van der Waals surface area contributed by atoms with Crippen molar-refractivity contribution in [3.63, 3.8) is 0 Å². The van der Waals surface area contributed by atoms with Crippen molar-refractivity contribution in [1.82, 2.24) is 0 Å². The van der Waals surface area contributed by atoms with E-state index in [1.807, 2.05) is 0 Å². The zero-order chi connectivity index (χ0) is 19.6. The molecule has 7 nitrogen and oxygen atoms in total. The number of benzene rings is 2. The Balaban J connectivity index is 1.76. The van der Waals surface area contributed by atoms with Gasteiger partial charge in [-0.15, -0.1) is 0 Å². The number of nitrogens with zero attached hydrogens (tertiary/aromatic N) is 1. The van der Waals surface area contributed by atoms with E-state index in [4.69, 9.17) is 0 Å². The topological polar surface area (TPSA) is 92.8 Å². The van der Waals surface area contributed by atoms with Crippen LogP contribution in [0.1, 0.15) is 6.42 Å². The summed E-state index contributed by atoms with van der Waals surface area (Å²) in [6.45, 7) is 0.186. The van der Waals surface area contributed by atoms with E-state index in [-0.39, 0.29) is 29.5 Å². The number of nitrogens with one attached hydrogen (secondary N) is 1. The standard InChI is InChI=1S/C18H17FN2O5S/c1-26-18(23)12-10-17(22)21(11-12)15-6-8-16(9-7-15)27(24,25)20-14-4-2-13(19)3-5-14/h2-9,12,20H,10-11H2,1H3/t12-/m0/s1. The maximum Gasteiger partial charge on any atom is 0.311 e. The largest absolute Gasteiger partial charge is 0.469 e. The first-order chi connectivity index (χ1) is 12.8. The number of sulfonamides is 1. The second-order valence-electron chi connectivity index (χ2n) is 6.03. The summed E-state index contributed by atoms with van der Waals surface area (Å²) in [5.41, 5.74) is 0.725. The second-order valence-corrected chi connectivity index (χ2v) is 7.72. The molecular formula is C18H17FN2O5S. The molecule has 1 atom stereocenters. The molecule has 0 saturated carbocycles. The molecule has 0 aromatic heterocycles. The molecule has 0 unspecified atom stereocenters. The fraction of sp³-hybridized carbons (Fsp3) is 0.222. The van der Waals surface area contributed by atoms with E-state index >= 15 is 0 Å². The van der Waals surface area contributed by atoms with Gasteiger partial charge in [0.2, 0.25) is 5.91 Å². The Morgan fingerprint density at radius 2 is 1.78 bits per heavy atom. The smallest absolute Gasteiger partial charge is 0.311 e. The van der Waals surface area contributed by atoms with Gasteiger partial charge in [-0.1, -0.05) is 0 Å². The molecule has 0 bridgehead atoms. The van der Waals surface area contributed by atoms with Crippen LogP contribution in [-0.2, 0) is 24.3 Å². The summed E-state index contributed by atoms with van der Waals surface area (Å²) in [5.74, 6) is -1.69. The molecule has 2 aromatic rings. The van der Waals surface area contributed by atoms with Gasteiger partial charge < -0.3 is 9.64 Å². The average Bonchev–Trinajstić information content (AvgIpc) is 3.04. The Morgan fingerprint density at radius 3 is 2.37 bits per heavy atom. The molecule has 1 N–H and O–H groups in total. The minimum Gasteiger partial charge on any atom is -0.469 e. The lowest BCUT2D eigenvalue weighted by Gasteiger charge is -2.17. The van der Waals surface area contributed by atoms with Crippen molar-refractivity contribution in [2.24, 2.45) is 5.92 Å². The maximum atomic E-state index is 12.9. The van der Waals surface area contributed by atoms with Crippen molar-refractivity contribution in [2.75, 3.05) is 23.3 Å². The number of ether oxygens (including phenoxy) is 1. The van der Waals surface area contributed by atoms with E-state index in [1.54, 1.807) is 0 Å². The van der Waals surface area contributed by atoms with Crippen LogP contribution in [0.25, 0.3) is 0 Å². The molecule has 1 aliphatic rings. The second kappa shape index (κ2) is 7.36. The first-order valence-electron chi connectivity index (χ1n) is 8.07. The van der Waals surface area contributed by atoms with E-state index < -0.39 is 27.7 Å². The first-order valence-corrected chi connectivity index (χ1v) is 9.55. The van der Waals surface area contributed by atoms with Crippen LogP contribution in [0.5, 0.6) is 0 Å². The SMILES string of the molecule is COC(=O)[C@H]1CC(=O)N(c2ccc(S(=O)(=O)Nc3ccc(F)cc3)cc2)C1. The fourth-order valence-corrected chi connectivity index (χ4v) is 3.88. The van der Waals surface area contributed by atoms with Crippen molar-refractivity contribution in [3.8, 4) is 0 Å². The number of halogens is 1. The molecule has 1 fully saturated rings. The lowest BCUT2D eigenvalue weighted by Crippen LogP contribution is -2.26. The molecule has 2 aromatic carbocycles. The highest BCUT2D eigenvalue weighted by Gasteiger charge is 2.35. The summed E-state index contributed by atoms with van der Waals surface area (Å²) < 4.78 is 44.8. The van der Waals surface area contributed by atoms with Gasteiger partial charge in [-0.05, 0) is 48.5 Å². The van der Waals surface area contributed by atoms with Crippen LogP contribution < -0.4 is 9.62 Å². The number of methoxy groups -OCH3 is 1. The van der Waals surface area contributed by atoms with Gasteiger partial charge in [0.1, 0.15) is 5.82 Å². The Morgan fingerprint density at radius 1 is 1.15 bits per heavy atom. The molecule has 142 valence electrons. The number of hydrogen-bond donors (Lipinski definition) is 1. The maximum absolute atomic E-state index is 12.9. The summed E-state index contributed by atoms with van der Waals surface area (Å²) >= 11 is 0. The zero-order valence-electron chi connectivity index (χ0n) is 14.4. The third-order valence-electron chi connectivity index (χ3n) is 4.21. The van der Waals surface area contributed by atoms with E-state index in [1.165, 1.54) is 48.4 Å². The number of rotatable bonds is 5. The van der Waals surface area contributed by atoms with Crippen LogP contribution in [0.2, 0.25) is 0 Å². The molecule has 1 amide bonds. The Kier molecular flexibility index (Phi) is 5.13. The molecule has 0 aliphatic carbocycles. The predicted molar refractivity (Wildman–Crippen MR) is 96.1 cm³/mol. The molecule has 0 radical (unpaired) electrons. The van der Waals surface area contributed by atoms with Crippen LogP contribution in [0.15, 0.2) is 53.4 Å². The molecule has 9 heteroatoms. The molecule has 27 heavy (non-hydrogen) atoms. The van der Waals surface area contributed by atoms with Gasteiger partial charge in [0, 0.05) is 24.3 Å². The minimum absolute atomic E-state index is 0.00765. The van der Waals surface area contributed by atoms with Gasteiger partial charge in [0.05, 0.1) is 17.9 Å². The van der Waals surface area contributed by atoms with Crippen molar-refractivity contribution >= 4 is 33.3 Å². The van der Waals surface area contributed by atoms with Crippen molar-refractivity contribution in [3.05, 3.63) is 54.3 Å². The van der Waals surface area contributed by atoms with Crippen LogP contribution >= 0.6 is 0 Å². The highest BCUT2D eigenvalue weighted by Crippen LogP contribution is 2.27. The Labute approximate surface area is 155 Å². The van der Waals surface area contributed by atoms with Gasteiger partial charge >= 0.3 is 5.97 Å². The molecule has 1 aliphatic heterocycles. The van der Waals surface area contributed by atoms with Gasteiger partial charge in [-0.25, -0.2) is 12.8 Å². The van der Waals surface area contributed by atoms with Gasteiger partial charge in [-0.3, -0.25) is 14.3 Å².